The largest absolute Gasteiger partial charge is 0.481 e. The van der Waals surface area contributed by atoms with E-state index in [9.17, 15) is 9.59 Å². The molecule has 0 aliphatic heterocycles. The van der Waals surface area contributed by atoms with Gasteiger partial charge in [-0.15, -0.1) is 0 Å². The number of aromatic carboxylic acids is 1. The summed E-state index contributed by atoms with van der Waals surface area (Å²) in [5.74, 6) is -1.88. The summed E-state index contributed by atoms with van der Waals surface area (Å²) >= 11 is 0. The molecule has 2 N–H and O–H groups in total. The first-order chi connectivity index (χ1) is 10.6. The zero-order chi connectivity index (χ0) is 15.9. The Morgan fingerprint density at radius 3 is 2.32 bits per heavy atom. The lowest BCUT2D eigenvalue weighted by Gasteiger charge is -2.24. The molecule has 114 valence electrons. The molecule has 0 saturated carbocycles. The van der Waals surface area contributed by atoms with Gasteiger partial charge in [0.05, 0.1) is 12.0 Å². The van der Waals surface area contributed by atoms with Crippen molar-refractivity contribution in [2.24, 2.45) is 0 Å². The molecule has 0 bridgehead atoms. The molecule has 2 rings (SSSR count). The van der Waals surface area contributed by atoms with E-state index >= 15 is 0 Å². The van der Waals surface area contributed by atoms with E-state index in [0.717, 1.165) is 5.56 Å². The topological polar surface area (TPSA) is 77.8 Å². The monoisotopic (exact) mass is 299 g/mol. The average molecular weight is 299 g/mol. The van der Waals surface area contributed by atoms with Crippen LogP contribution in [-0.4, -0.2) is 28.7 Å². The lowest BCUT2D eigenvalue weighted by molar-refractivity contribution is -0.136. The van der Waals surface area contributed by atoms with E-state index in [1.54, 1.807) is 18.2 Å². The standard InChI is InChI=1S/C17H17NO4/c19-16(20)9-10-18(12-13-5-2-1-3-6-13)15-8-4-7-14(11-15)17(21)22/h1-8,11H,9-10,12H2,(H,19,20)(H,21,22). The van der Waals surface area contributed by atoms with Gasteiger partial charge in [-0.1, -0.05) is 36.4 Å². The molecular formula is C17H17NO4. The van der Waals surface area contributed by atoms with Gasteiger partial charge >= 0.3 is 11.9 Å². The van der Waals surface area contributed by atoms with Crippen LogP contribution in [0.1, 0.15) is 22.3 Å². The molecule has 2 aromatic carbocycles. The van der Waals surface area contributed by atoms with Crippen molar-refractivity contribution in [1.29, 1.82) is 0 Å². The fourth-order valence-electron chi connectivity index (χ4n) is 2.17. The molecule has 0 spiro atoms. The van der Waals surface area contributed by atoms with Crippen LogP contribution < -0.4 is 4.90 Å². The number of hydrogen-bond acceptors (Lipinski definition) is 3. The lowest BCUT2D eigenvalue weighted by atomic mass is 10.1. The Morgan fingerprint density at radius 2 is 1.68 bits per heavy atom. The minimum Gasteiger partial charge on any atom is -0.481 e. The number of carbonyl (C=O) groups is 2. The van der Waals surface area contributed by atoms with Gasteiger partial charge in [0.25, 0.3) is 0 Å². The van der Waals surface area contributed by atoms with E-state index in [-0.39, 0.29) is 12.0 Å². The number of nitrogens with zero attached hydrogens (tertiary/aromatic N) is 1. The smallest absolute Gasteiger partial charge is 0.335 e. The maximum atomic E-state index is 11.1. The number of benzene rings is 2. The summed E-state index contributed by atoms with van der Waals surface area (Å²) < 4.78 is 0. The molecular weight excluding hydrogens is 282 g/mol. The number of carboxylic acid groups (broad SMARTS) is 2. The Balaban J connectivity index is 2.25. The van der Waals surface area contributed by atoms with Crippen molar-refractivity contribution in [2.45, 2.75) is 13.0 Å². The highest BCUT2D eigenvalue weighted by Gasteiger charge is 2.12. The van der Waals surface area contributed by atoms with E-state index in [4.69, 9.17) is 10.2 Å². The van der Waals surface area contributed by atoms with Gasteiger partial charge < -0.3 is 15.1 Å². The molecule has 5 nitrogen and oxygen atoms in total. The van der Waals surface area contributed by atoms with Gasteiger partial charge in [0.1, 0.15) is 0 Å². The van der Waals surface area contributed by atoms with Crippen molar-refractivity contribution in [3.05, 3.63) is 65.7 Å². The Labute approximate surface area is 128 Å². The Morgan fingerprint density at radius 1 is 0.955 bits per heavy atom. The van der Waals surface area contributed by atoms with Gasteiger partial charge in [-0.3, -0.25) is 4.79 Å². The van der Waals surface area contributed by atoms with Crippen LogP contribution in [0.15, 0.2) is 54.6 Å². The van der Waals surface area contributed by atoms with E-state index in [1.165, 1.54) is 6.07 Å². The summed E-state index contributed by atoms with van der Waals surface area (Å²) in [7, 11) is 0. The van der Waals surface area contributed by atoms with Gasteiger partial charge in [-0.2, -0.15) is 0 Å². The average Bonchev–Trinajstić information content (AvgIpc) is 2.52. The van der Waals surface area contributed by atoms with E-state index in [2.05, 4.69) is 0 Å². The van der Waals surface area contributed by atoms with E-state index in [0.29, 0.717) is 18.8 Å². The molecule has 0 atom stereocenters. The molecule has 0 aliphatic carbocycles. The number of anilines is 1. The third-order valence-electron chi connectivity index (χ3n) is 3.27. The summed E-state index contributed by atoms with van der Waals surface area (Å²) in [4.78, 5) is 23.8. The van der Waals surface area contributed by atoms with Crippen LogP contribution in [0.4, 0.5) is 5.69 Å². The second kappa shape index (κ2) is 7.26. The Bertz CT molecular complexity index is 655. The predicted molar refractivity (Wildman–Crippen MR) is 83.1 cm³/mol. The zero-order valence-corrected chi connectivity index (χ0v) is 12.0. The molecule has 0 amide bonds. The molecule has 0 radical (unpaired) electrons. The minimum absolute atomic E-state index is 0.00979. The first kappa shape index (κ1) is 15.6. The third-order valence-corrected chi connectivity index (χ3v) is 3.27. The van der Waals surface area contributed by atoms with Gasteiger partial charge in [-0.05, 0) is 23.8 Å². The quantitative estimate of drug-likeness (QED) is 0.822. The molecule has 0 heterocycles. The van der Waals surface area contributed by atoms with Crippen LogP contribution >= 0.6 is 0 Å². The molecule has 0 fully saturated rings. The van der Waals surface area contributed by atoms with Gasteiger partial charge in [-0.25, -0.2) is 4.79 Å². The molecule has 22 heavy (non-hydrogen) atoms. The number of aliphatic carboxylic acids is 1. The van der Waals surface area contributed by atoms with Crippen LogP contribution in [0, 0.1) is 0 Å². The van der Waals surface area contributed by atoms with Crippen LogP contribution in [0.5, 0.6) is 0 Å². The fraction of sp³-hybridized carbons (Fsp3) is 0.176. The molecule has 0 aromatic heterocycles. The van der Waals surface area contributed by atoms with Gasteiger partial charge in [0.2, 0.25) is 0 Å². The van der Waals surface area contributed by atoms with Crippen LogP contribution in [0.2, 0.25) is 0 Å². The molecule has 5 heteroatoms. The summed E-state index contributed by atoms with van der Waals surface area (Å²) in [6.45, 7) is 0.838. The minimum atomic E-state index is -1.00. The van der Waals surface area contributed by atoms with Crippen LogP contribution in [-0.2, 0) is 11.3 Å². The van der Waals surface area contributed by atoms with E-state index in [1.807, 2.05) is 35.2 Å². The second-order valence-corrected chi connectivity index (χ2v) is 4.91. The summed E-state index contributed by atoms with van der Waals surface area (Å²) in [6.07, 6.45) is -0.00979. The highest BCUT2D eigenvalue weighted by atomic mass is 16.4. The van der Waals surface area contributed by atoms with Crippen LogP contribution in [0.3, 0.4) is 0 Å². The Kier molecular flexibility index (Phi) is 5.14. The van der Waals surface area contributed by atoms with Crippen molar-refractivity contribution in [3.63, 3.8) is 0 Å². The van der Waals surface area contributed by atoms with Crippen molar-refractivity contribution >= 4 is 17.6 Å². The normalized spacial score (nSPS) is 10.2. The lowest BCUT2D eigenvalue weighted by Crippen LogP contribution is -2.25. The molecule has 0 saturated heterocycles. The van der Waals surface area contributed by atoms with Gasteiger partial charge in [0, 0.05) is 18.8 Å². The van der Waals surface area contributed by atoms with E-state index < -0.39 is 11.9 Å². The Hall–Kier alpha value is -2.82. The van der Waals surface area contributed by atoms with Crippen molar-refractivity contribution in [3.8, 4) is 0 Å². The second-order valence-electron chi connectivity index (χ2n) is 4.91. The van der Waals surface area contributed by atoms with Crippen LogP contribution in [0.25, 0.3) is 0 Å². The summed E-state index contributed by atoms with van der Waals surface area (Å²) in [6, 6.07) is 16.2. The maximum absolute atomic E-state index is 11.1. The van der Waals surface area contributed by atoms with Crippen molar-refractivity contribution < 1.29 is 19.8 Å². The first-order valence-electron chi connectivity index (χ1n) is 6.90. The fourth-order valence-corrected chi connectivity index (χ4v) is 2.17. The van der Waals surface area contributed by atoms with Gasteiger partial charge in [0.15, 0.2) is 0 Å². The highest BCUT2D eigenvalue weighted by molar-refractivity contribution is 5.88. The number of carboxylic acids is 2. The first-order valence-corrected chi connectivity index (χ1v) is 6.90. The van der Waals surface area contributed by atoms with Crippen molar-refractivity contribution in [2.75, 3.05) is 11.4 Å². The zero-order valence-electron chi connectivity index (χ0n) is 12.0. The summed E-state index contributed by atoms with van der Waals surface area (Å²) in [5, 5.41) is 18.0. The SMILES string of the molecule is O=C(O)CCN(Cc1ccccc1)c1cccc(C(=O)O)c1. The molecule has 2 aromatic rings. The third kappa shape index (κ3) is 4.34. The maximum Gasteiger partial charge on any atom is 0.335 e. The molecule has 0 unspecified atom stereocenters. The molecule has 0 aliphatic rings. The summed E-state index contributed by atoms with van der Waals surface area (Å²) in [5.41, 5.74) is 1.92. The predicted octanol–water partition coefficient (Wildman–Crippen LogP) is 2.87. The number of hydrogen-bond donors (Lipinski definition) is 2. The number of rotatable bonds is 7. The highest BCUT2D eigenvalue weighted by Crippen LogP contribution is 2.19. The van der Waals surface area contributed by atoms with Crippen molar-refractivity contribution in [1.82, 2.24) is 0 Å².